The Labute approximate surface area is 121 Å². The van der Waals surface area contributed by atoms with E-state index in [0.717, 1.165) is 17.3 Å². The van der Waals surface area contributed by atoms with Gasteiger partial charge in [-0.1, -0.05) is 12.1 Å². The van der Waals surface area contributed by atoms with Crippen LogP contribution < -0.4 is 5.32 Å². The molecule has 3 nitrogen and oxygen atoms in total. The molecule has 0 bridgehead atoms. The standard InChI is InChI=1S/C16H15F2NO2/c1-10-8-11(16(20)21-2)6-7-14(10)19-9-12-4-3-5-13(17)15(12)18/h3-8,19H,9H2,1-2H3. The van der Waals surface area contributed by atoms with Crippen LogP contribution in [0.5, 0.6) is 0 Å². The first kappa shape index (κ1) is 15.0. The zero-order valence-electron chi connectivity index (χ0n) is 11.7. The molecule has 0 atom stereocenters. The van der Waals surface area contributed by atoms with Gasteiger partial charge in [-0.05, 0) is 36.8 Å². The van der Waals surface area contributed by atoms with Crippen LogP contribution in [0.15, 0.2) is 36.4 Å². The third-order valence-electron chi connectivity index (χ3n) is 3.15. The maximum Gasteiger partial charge on any atom is 0.337 e. The van der Waals surface area contributed by atoms with Crippen molar-refractivity contribution in [2.75, 3.05) is 12.4 Å². The summed E-state index contributed by atoms with van der Waals surface area (Å²) in [5.74, 6) is -2.14. The van der Waals surface area contributed by atoms with Gasteiger partial charge in [0.1, 0.15) is 0 Å². The highest BCUT2D eigenvalue weighted by atomic mass is 19.2. The number of esters is 1. The highest BCUT2D eigenvalue weighted by Gasteiger charge is 2.09. The van der Waals surface area contributed by atoms with Gasteiger partial charge in [0.2, 0.25) is 0 Å². The van der Waals surface area contributed by atoms with Gasteiger partial charge in [0, 0.05) is 17.8 Å². The molecular formula is C16H15F2NO2. The molecule has 0 fully saturated rings. The van der Waals surface area contributed by atoms with E-state index in [0.29, 0.717) is 5.56 Å². The van der Waals surface area contributed by atoms with Gasteiger partial charge >= 0.3 is 5.97 Å². The lowest BCUT2D eigenvalue weighted by atomic mass is 10.1. The summed E-state index contributed by atoms with van der Waals surface area (Å²) in [5.41, 5.74) is 2.24. The molecule has 0 spiro atoms. The molecule has 21 heavy (non-hydrogen) atoms. The van der Waals surface area contributed by atoms with Crippen molar-refractivity contribution in [2.45, 2.75) is 13.5 Å². The van der Waals surface area contributed by atoms with Gasteiger partial charge in [-0.3, -0.25) is 0 Å². The van der Waals surface area contributed by atoms with Crippen molar-refractivity contribution >= 4 is 11.7 Å². The highest BCUT2D eigenvalue weighted by Crippen LogP contribution is 2.19. The number of ether oxygens (including phenoxy) is 1. The highest BCUT2D eigenvalue weighted by molar-refractivity contribution is 5.90. The Morgan fingerprint density at radius 2 is 2.00 bits per heavy atom. The summed E-state index contributed by atoms with van der Waals surface area (Å²) in [6, 6.07) is 9.05. The van der Waals surface area contributed by atoms with Crippen molar-refractivity contribution < 1.29 is 18.3 Å². The van der Waals surface area contributed by atoms with Gasteiger partial charge in [0.25, 0.3) is 0 Å². The third kappa shape index (κ3) is 3.37. The molecule has 0 amide bonds. The molecule has 110 valence electrons. The number of methoxy groups -OCH3 is 1. The maximum atomic E-state index is 13.5. The second-order valence-corrected chi connectivity index (χ2v) is 4.59. The van der Waals surface area contributed by atoms with E-state index >= 15 is 0 Å². The number of nitrogens with one attached hydrogen (secondary N) is 1. The predicted octanol–water partition coefficient (Wildman–Crippen LogP) is 3.67. The molecule has 5 heteroatoms. The molecule has 0 aromatic heterocycles. The lowest BCUT2D eigenvalue weighted by Crippen LogP contribution is -2.06. The summed E-state index contributed by atoms with van der Waals surface area (Å²) in [5, 5.41) is 3.02. The number of aryl methyl sites for hydroxylation is 1. The van der Waals surface area contributed by atoms with E-state index in [9.17, 15) is 13.6 Å². The SMILES string of the molecule is COC(=O)c1ccc(NCc2cccc(F)c2F)c(C)c1. The Hall–Kier alpha value is -2.43. The van der Waals surface area contributed by atoms with Crippen LogP contribution in [-0.2, 0) is 11.3 Å². The number of rotatable bonds is 4. The minimum absolute atomic E-state index is 0.155. The number of benzene rings is 2. The van der Waals surface area contributed by atoms with Gasteiger partial charge in [-0.25, -0.2) is 13.6 Å². The summed E-state index contributed by atoms with van der Waals surface area (Å²) in [6.45, 7) is 1.97. The number of hydrogen-bond acceptors (Lipinski definition) is 3. The molecule has 0 aliphatic heterocycles. The lowest BCUT2D eigenvalue weighted by Gasteiger charge is -2.11. The van der Waals surface area contributed by atoms with Crippen molar-refractivity contribution in [3.05, 3.63) is 64.7 Å². The molecular weight excluding hydrogens is 276 g/mol. The van der Waals surface area contributed by atoms with Gasteiger partial charge in [0.05, 0.1) is 12.7 Å². The first-order valence-corrected chi connectivity index (χ1v) is 6.38. The molecule has 0 radical (unpaired) electrons. The fraction of sp³-hybridized carbons (Fsp3) is 0.188. The lowest BCUT2D eigenvalue weighted by molar-refractivity contribution is 0.0600. The Bertz CT molecular complexity index is 671. The average Bonchev–Trinajstić information content (AvgIpc) is 2.49. The molecule has 0 aliphatic rings. The van der Waals surface area contributed by atoms with E-state index in [1.807, 2.05) is 6.92 Å². The van der Waals surface area contributed by atoms with E-state index in [-0.39, 0.29) is 12.1 Å². The summed E-state index contributed by atoms with van der Waals surface area (Å²) in [6.07, 6.45) is 0. The van der Waals surface area contributed by atoms with Crippen LogP contribution >= 0.6 is 0 Å². The Balaban J connectivity index is 2.13. The minimum atomic E-state index is -0.868. The summed E-state index contributed by atoms with van der Waals surface area (Å²) in [7, 11) is 1.32. The van der Waals surface area contributed by atoms with Crippen LogP contribution in [-0.4, -0.2) is 13.1 Å². The fourth-order valence-electron chi connectivity index (χ4n) is 1.98. The molecule has 2 aromatic rings. The van der Waals surface area contributed by atoms with Crippen molar-refractivity contribution in [3.63, 3.8) is 0 Å². The Morgan fingerprint density at radius 3 is 2.67 bits per heavy atom. The molecule has 2 rings (SSSR count). The van der Waals surface area contributed by atoms with Gasteiger partial charge < -0.3 is 10.1 Å². The van der Waals surface area contributed by atoms with Gasteiger partial charge in [-0.2, -0.15) is 0 Å². The second kappa shape index (κ2) is 6.35. The van der Waals surface area contributed by atoms with Gasteiger partial charge in [-0.15, -0.1) is 0 Å². The van der Waals surface area contributed by atoms with Crippen molar-refractivity contribution in [1.29, 1.82) is 0 Å². The number of carbonyl (C=O) groups is 1. The maximum absolute atomic E-state index is 13.5. The smallest absolute Gasteiger partial charge is 0.337 e. The predicted molar refractivity (Wildman–Crippen MR) is 76.2 cm³/mol. The number of carbonyl (C=O) groups excluding carboxylic acids is 1. The van der Waals surface area contributed by atoms with Crippen LogP contribution in [0.3, 0.4) is 0 Å². The van der Waals surface area contributed by atoms with E-state index in [4.69, 9.17) is 0 Å². The Kier molecular flexibility index (Phi) is 4.52. The average molecular weight is 291 g/mol. The summed E-state index contributed by atoms with van der Waals surface area (Å²) < 4.78 is 31.3. The normalized spacial score (nSPS) is 10.3. The monoisotopic (exact) mass is 291 g/mol. The molecule has 0 saturated carbocycles. The second-order valence-electron chi connectivity index (χ2n) is 4.59. The molecule has 0 heterocycles. The summed E-state index contributed by atoms with van der Waals surface area (Å²) in [4.78, 5) is 11.4. The van der Waals surface area contributed by atoms with Crippen LogP contribution in [0.4, 0.5) is 14.5 Å². The molecule has 1 N–H and O–H groups in total. The molecule has 0 aliphatic carbocycles. The number of anilines is 1. The third-order valence-corrected chi connectivity index (χ3v) is 3.15. The molecule has 2 aromatic carbocycles. The van der Waals surface area contributed by atoms with Crippen LogP contribution in [0, 0.1) is 18.6 Å². The van der Waals surface area contributed by atoms with Crippen molar-refractivity contribution in [1.82, 2.24) is 0 Å². The van der Waals surface area contributed by atoms with E-state index < -0.39 is 17.6 Å². The zero-order valence-corrected chi connectivity index (χ0v) is 11.7. The first-order valence-electron chi connectivity index (χ1n) is 6.38. The number of halogens is 2. The minimum Gasteiger partial charge on any atom is -0.465 e. The van der Waals surface area contributed by atoms with Gasteiger partial charge in [0.15, 0.2) is 11.6 Å². The van der Waals surface area contributed by atoms with Crippen LogP contribution in [0.2, 0.25) is 0 Å². The quantitative estimate of drug-likeness (QED) is 0.873. The zero-order chi connectivity index (χ0) is 15.4. The Morgan fingerprint density at radius 1 is 1.24 bits per heavy atom. The molecule has 0 saturated heterocycles. The van der Waals surface area contributed by atoms with E-state index in [1.54, 1.807) is 18.2 Å². The van der Waals surface area contributed by atoms with Crippen LogP contribution in [0.25, 0.3) is 0 Å². The van der Waals surface area contributed by atoms with Crippen LogP contribution in [0.1, 0.15) is 21.5 Å². The fourth-order valence-corrected chi connectivity index (χ4v) is 1.98. The van der Waals surface area contributed by atoms with Crippen molar-refractivity contribution in [2.24, 2.45) is 0 Å². The largest absolute Gasteiger partial charge is 0.465 e. The van der Waals surface area contributed by atoms with Crippen molar-refractivity contribution in [3.8, 4) is 0 Å². The topological polar surface area (TPSA) is 38.3 Å². The summed E-state index contributed by atoms with van der Waals surface area (Å²) >= 11 is 0. The number of hydrogen-bond donors (Lipinski definition) is 1. The van der Waals surface area contributed by atoms with E-state index in [1.165, 1.54) is 19.2 Å². The molecule has 0 unspecified atom stereocenters. The van der Waals surface area contributed by atoms with E-state index in [2.05, 4.69) is 10.1 Å². The first-order chi connectivity index (χ1) is 10.0.